The van der Waals surface area contributed by atoms with Gasteiger partial charge in [-0.1, -0.05) is 170 Å². The average Bonchev–Trinajstić information content (AvgIpc) is 3.68. The predicted octanol–water partition coefficient (Wildman–Crippen LogP) is 14.0. The Bertz CT molecular complexity index is 3110. The van der Waals surface area contributed by atoms with Crippen LogP contribution in [-0.2, 0) is 0 Å². The van der Waals surface area contributed by atoms with Gasteiger partial charge in [0.25, 0.3) is 0 Å². The largest absolute Gasteiger partial charge is 0.456 e. The van der Waals surface area contributed by atoms with Crippen molar-refractivity contribution < 1.29 is 4.42 Å². The number of furan rings is 1. The fourth-order valence-corrected chi connectivity index (χ4v) is 7.55. The van der Waals surface area contributed by atoms with E-state index in [4.69, 9.17) is 25.9 Å². The van der Waals surface area contributed by atoms with Crippen molar-refractivity contribution in [2.24, 2.45) is 0 Å². The number of hydrogen-bond donors (Lipinski definition) is 0. The molecule has 10 rings (SSSR count). The van der Waals surface area contributed by atoms with E-state index in [1.165, 1.54) is 11.1 Å². The summed E-state index contributed by atoms with van der Waals surface area (Å²) >= 11 is 0. The van der Waals surface area contributed by atoms with E-state index in [0.29, 0.717) is 23.2 Å². The Kier molecular flexibility index (Phi) is 8.48. The van der Waals surface area contributed by atoms with Gasteiger partial charge in [-0.3, -0.25) is 0 Å². The highest BCUT2D eigenvalue weighted by atomic mass is 16.3. The summed E-state index contributed by atoms with van der Waals surface area (Å²) in [7, 11) is 0. The Morgan fingerprint density at radius 1 is 0.351 bits per heavy atom. The second-order valence-corrected chi connectivity index (χ2v) is 13.9. The maximum atomic E-state index is 7.36. The second-order valence-electron chi connectivity index (χ2n) is 13.9. The van der Waals surface area contributed by atoms with Crippen molar-refractivity contribution >= 4 is 27.6 Å². The summed E-state index contributed by atoms with van der Waals surface area (Å²) < 4.78 is 6.57. The molecule has 0 radical (unpaired) electrons. The van der Waals surface area contributed by atoms with Crippen molar-refractivity contribution in [1.29, 1.82) is 0 Å². The Morgan fingerprint density at radius 2 is 0.842 bits per heavy atom. The molecule has 0 amide bonds. The topological polar surface area (TPSA) is 56.2 Å². The number of aromatic nitrogens is 3. The molecule has 57 heavy (non-hydrogen) atoms. The molecule has 0 saturated carbocycles. The van der Waals surface area contributed by atoms with Gasteiger partial charge >= 0.3 is 0 Å². The van der Waals surface area contributed by atoms with Crippen molar-refractivity contribution in [2.45, 2.75) is 0 Å². The molecule has 2 heterocycles. The van der Waals surface area contributed by atoms with Crippen LogP contribution in [0, 0.1) is 6.57 Å². The van der Waals surface area contributed by atoms with Crippen LogP contribution in [0.2, 0.25) is 0 Å². The Morgan fingerprint density at radius 3 is 1.58 bits per heavy atom. The van der Waals surface area contributed by atoms with Crippen LogP contribution in [0.25, 0.3) is 105 Å². The zero-order valence-electron chi connectivity index (χ0n) is 30.7. The fraction of sp³-hybridized carbons (Fsp3) is 0. The molecule has 10 aromatic rings. The Hall–Kier alpha value is -7.94. The summed E-state index contributed by atoms with van der Waals surface area (Å²) in [5.41, 5.74) is 13.5. The summed E-state index contributed by atoms with van der Waals surface area (Å²) in [6, 6.07) is 66.0. The molecule has 0 fully saturated rings. The highest BCUT2D eigenvalue weighted by Crippen LogP contribution is 2.39. The van der Waals surface area contributed by atoms with Gasteiger partial charge in [0.2, 0.25) is 0 Å². The number of fused-ring (bicyclic) bond motifs is 3. The van der Waals surface area contributed by atoms with Crippen LogP contribution in [0.15, 0.2) is 199 Å². The minimum absolute atomic E-state index is 0.545. The van der Waals surface area contributed by atoms with Crippen LogP contribution in [0.3, 0.4) is 0 Å². The van der Waals surface area contributed by atoms with Gasteiger partial charge in [-0.05, 0) is 68.8 Å². The third-order valence-corrected chi connectivity index (χ3v) is 10.4. The third kappa shape index (κ3) is 6.42. The number of hydrogen-bond acceptors (Lipinski definition) is 4. The molecule has 0 N–H and O–H groups in total. The van der Waals surface area contributed by atoms with Gasteiger partial charge in [-0.15, -0.1) is 0 Å². The van der Waals surface area contributed by atoms with Crippen LogP contribution in [0.5, 0.6) is 0 Å². The Labute approximate surface area is 330 Å². The standard InChI is InChI=1S/C52H32N4O/c1-53-42-29-26-36(27-30-42)39-16-10-17-40(32-39)50-54-51(56-52(55-50)45-19-9-8-18-43(45)37-14-6-3-7-15-37)41-28-31-46-48(33-41)57-47-21-11-20-44(49(46)47)38-24-22-35(23-25-38)34-12-4-2-5-13-34/h2-33H. The van der Waals surface area contributed by atoms with E-state index < -0.39 is 0 Å². The minimum atomic E-state index is 0.545. The fourth-order valence-electron chi connectivity index (χ4n) is 7.55. The molecule has 0 aliphatic rings. The van der Waals surface area contributed by atoms with Crippen molar-refractivity contribution in [2.75, 3.05) is 0 Å². The predicted molar refractivity (Wildman–Crippen MR) is 231 cm³/mol. The van der Waals surface area contributed by atoms with Crippen LogP contribution >= 0.6 is 0 Å². The van der Waals surface area contributed by atoms with E-state index in [9.17, 15) is 0 Å². The molecule has 5 nitrogen and oxygen atoms in total. The summed E-state index contributed by atoms with van der Waals surface area (Å²) in [6.45, 7) is 7.36. The number of benzene rings is 8. The normalized spacial score (nSPS) is 11.1. The van der Waals surface area contributed by atoms with E-state index in [-0.39, 0.29) is 0 Å². The first-order valence-electron chi connectivity index (χ1n) is 18.8. The lowest BCUT2D eigenvalue weighted by Crippen LogP contribution is -2.01. The van der Waals surface area contributed by atoms with E-state index in [1.807, 2.05) is 91.0 Å². The zero-order valence-corrected chi connectivity index (χ0v) is 30.7. The SMILES string of the molecule is [C-]#[N+]c1ccc(-c2cccc(-c3nc(-c4ccc5c(c4)oc4cccc(-c6ccc(-c7ccccc7)cc6)c45)nc(-c4ccccc4-c4ccccc4)n3)c2)cc1. The van der Waals surface area contributed by atoms with Crippen molar-refractivity contribution in [3.63, 3.8) is 0 Å². The first-order valence-corrected chi connectivity index (χ1v) is 18.8. The summed E-state index contributed by atoms with van der Waals surface area (Å²) in [5.74, 6) is 1.68. The molecule has 0 spiro atoms. The van der Waals surface area contributed by atoms with E-state index in [2.05, 4.69) is 108 Å². The molecule has 0 atom stereocenters. The van der Waals surface area contributed by atoms with Crippen LogP contribution in [0.1, 0.15) is 0 Å². The molecule has 0 aliphatic carbocycles. The molecular formula is C52H32N4O. The van der Waals surface area contributed by atoms with E-state index in [0.717, 1.165) is 72.0 Å². The van der Waals surface area contributed by atoms with E-state index >= 15 is 0 Å². The maximum absolute atomic E-state index is 7.36. The average molecular weight is 729 g/mol. The molecule has 0 aliphatic heterocycles. The summed E-state index contributed by atoms with van der Waals surface area (Å²) in [4.78, 5) is 19.0. The Balaban J connectivity index is 1.10. The van der Waals surface area contributed by atoms with Gasteiger partial charge in [-0.25, -0.2) is 19.8 Å². The number of nitrogens with zero attached hydrogens (tertiary/aromatic N) is 4. The van der Waals surface area contributed by atoms with Crippen LogP contribution in [-0.4, -0.2) is 15.0 Å². The molecule has 0 unspecified atom stereocenters. The zero-order chi connectivity index (χ0) is 38.1. The third-order valence-electron chi connectivity index (χ3n) is 10.4. The number of rotatable bonds is 7. The highest BCUT2D eigenvalue weighted by molar-refractivity contribution is 6.13. The summed E-state index contributed by atoms with van der Waals surface area (Å²) in [6.07, 6.45) is 0. The lowest BCUT2D eigenvalue weighted by molar-refractivity contribution is 0.669. The van der Waals surface area contributed by atoms with Gasteiger partial charge in [0, 0.05) is 27.5 Å². The molecule has 2 aromatic heterocycles. The maximum Gasteiger partial charge on any atom is 0.187 e. The molecule has 266 valence electrons. The quantitative estimate of drug-likeness (QED) is 0.153. The van der Waals surface area contributed by atoms with Crippen molar-refractivity contribution in [3.05, 3.63) is 206 Å². The van der Waals surface area contributed by atoms with Crippen molar-refractivity contribution in [1.82, 2.24) is 15.0 Å². The second kappa shape index (κ2) is 14.4. The van der Waals surface area contributed by atoms with Gasteiger partial charge in [0.1, 0.15) is 11.2 Å². The molecule has 5 heteroatoms. The van der Waals surface area contributed by atoms with Gasteiger partial charge in [0.15, 0.2) is 23.2 Å². The minimum Gasteiger partial charge on any atom is -0.456 e. The smallest absolute Gasteiger partial charge is 0.187 e. The first-order chi connectivity index (χ1) is 28.2. The lowest BCUT2D eigenvalue weighted by atomic mass is 9.96. The summed E-state index contributed by atoms with van der Waals surface area (Å²) in [5, 5.41) is 2.10. The molecular weight excluding hydrogens is 697 g/mol. The molecule has 0 saturated heterocycles. The molecule has 8 aromatic carbocycles. The molecule has 0 bridgehead atoms. The first kappa shape index (κ1) is 33.6. The van der Waals surface area contributed by atoms with Crippen molar-refractivity contribution in [3.8, 4) is 78.7 Å². The van der Waals surface area contributed by atoms with Crippen LogP contribution in [0.4, 0.5) is 5.69 Å². The van der Waals surface area contributed by atoms with Crippen LogP contribution < -0.4 is 0 Å². The van der Waals surface area contributed by atoms with Gasteiger partial charge < -0.3 is 4.42 Å². The van der Waals surface area contributed by atoms with Gasteiger partial charge in [0.05, 0.1) is 6.57 Å². The monoisotopic (exact) mass is 728 g/mol. The van der Waals surface area contributed by atoms with E-state index in [1.54, 1.807) is 0 Å². The highest BCUT2D eigenvalue weighted by Gasteiger charge is 2.18. The lowest BCUT2D eigenvalue weighted by Gasteiger charge is -2.12. The van der Waals surface area contributed by atoms with Gasteiger partial charge in [-0.2, -0.15) is 0 Å².